The van der Waals surface area contributed by atoms with Gasteiger partial charge in [-0.25, -0.2) is 13.8 Å². The van der Waals surface area contributed by atoms with Crippen LogP contribution in [-0.4, -0.2) is 11.5 Å². The molecule has 5 heteroatoms. The molecule has 0 fully saturated rings. The number of rotatable bonds is 3. The summed E-state index contributed by atoms with van der Waals surface area (Å²) in [6.45, 7) is 1.12. The summed E-state index contributed by atoms with van der Waals surface area (Å²) in [5, 5.41) is 3.18. The molecule has 0 saturated carbocycles. The number of ether oxygens (including phenoxy) is 1. The van der Waals surface area contributed by atoms with E-state index in [2.05, 4.69) is 10.3 Å². The van der Waals surface area contributed by atoms with Gasteiger partial charge in [-0.3, -0.25) is 0 Å². The van der Waals surface area contributed by atoms with Crippen LogP contribution in [0.5, 0.6) is 5.75 Å². The third-order valence-corrected chi connectivity index (χ3v) is 3.00. The zero-order chi connectivity index (χ0) is 13.2. The van der Waals surface area contributed by atoms with Crippen LogP contribution < -0.4 is 10.1 Å². The molecule has 1 aromatic heterocycles. The lowest BCUT2D eigenvalue weighted by atomic mass is 10.2. The number of nitrogens with zero attached hydrogens (tertiary/aromatic N) is 1. The summed E-state index contributed by atoms with van der Waals surface area (Å²) in [7, 11) is 0. The minimum atomic E-state index is -0.916. The van der Waals surface area contributed by atoms with Crippen molar-refractivity contribution in [1.82, 2.24) is 4.98 Å². The third-order valence-electron chi connectivity index (χ3n) is 3.00. The standard InChI is InChI=1S/C14H12F2N2O/c15-12-4-3-11(7-13(12)16)19-8-10-2-1-9-5-6-17-14(9)18-10/h1-4,7H,5-6,8H2,(H,17,18). The summed E-state index contributed by atoms with van der Waals surface area (Å²) in [5.74, 6) is -0.631. The fourth-order valence-electron chi connectivity index (χ4n) is 2.00. The SMILES string of the molecule is Fc1ccc(OCc2ccc3c(n2)NCC3)cc1F. The van der Waals surface area contributed by atoms with Crippen LogP contribution in [0.3, 0.4) is 0 Å². The molecule has 2 aromatic rings. The predicted octanol–water partition coefficient (Wildman–Crippen LogP) is 2.91. The molecule has 0 atom stereocenters. The van der Waals surface area contributed by atoms with Gasteiger partial charge in [0.15, 0.2) is 11.6 Å². The van der Waals surface area contributed by atoms with Crippen molar-refractivity contribution in [3.8, 4) is 5.75 Å². The first kappa shape index (κ1) is 11.9. The van der Waals surface area contributed by atoms with E-state index in [1.807, 2.05) is 12.1 Å². The van der Waals surface area contributed by atoms with E-state index in [9.17, 15) is 8.78 Å². The minimum absolute atomic E-state index is 0.222. The number of benzene rings is 1. The monoisotopic (exact) mass is 262 g/mol. The van der Waals surface area contributed by atoms with Gasteiger partial charge in [-0.15, -0.1) is 0 Å². The highest BCUT2D eigenvalue weighted by molar-refractivity contribution is 5.49. The minimum Gasteiger partial charge on any atom is -0.487 e. The quantitative estimate of drug-likeness (QED) is 0.923. The maximum absolute atomic E-state index is 13.0. The normalized spacial score (nSPS) is 12.9. The van der Waals surface area contributed by atoms with Crippen LogP contribution in [0.2, 0.25) is 0 Å². The van der Waals surface area contributed by atoms with Gasteiger partial charge >= 0.3 is 0 Å². The molecular formula is C14H12F2N2O. The largest absolute Gasteiger partial charge is 0.487 e. The summed E-state index contributed by atoms with van der Waals surface area (Å²) < 4.78 is 31.2. The molecule has 1 aliphatic rings. The van der Waals surface area contributed by atoms with Crippen molar-refractivity contribution in [1.29, 1.82) is 0 Å². The van der Waals surface area contributed by atoms with Gasteiger partial charge in [0.25, 0.3) is 0 Å². The maximum Gasteiger partial charge on any atom is 0.162 e. The van der Waals surface area contributed by atoms with Crippen molar-refractivity contribution in [2.45, 2.75) is 13.0 Å². The summed E-state index contributed by atoms with van der Waals surface area (Å²) in [5.41, 5.74) is 1.94. The van der Waals surface area contributed by atoms with E-state index in [1.165, 1.54) is 11.6 Å². The first-order valence-corrected chi connectivity index (χ1v) is 6.03. The van der Waals surface area contributed by atoms with Gasteiger partial charge in [-0.2, -0.15) is 0 Å². The van der Waals surface area contributed by atoms with Gasteiger partial charge in [0, 0.05) is 12.6 Å². The number of anilines is 1. The van der Waals surface area contributed by atoms with E-state index in [-0.39, 0.29) is 12.4 Å². The van der Waals surface area contributed by atoms with Gasteiger partial charge in [0.05, 0.1) is 5.69 Å². The van der Waals surface area contributed by atoms with E-state index in [1.54, 1.807) is 0 Å². The number of aromatic nitrogens is 1. The molecule has 3 nitrogen and oxygen atoms in total. The van der Waals surface area contributed by atoms with Crippen LogP contribution >= 0.6 is 0 Å². The molecule has 3 rings (SSSR count). The average Bonchev–Trinajstić information content (AvgIpc) is 2.87. The Morgan fingerprint density at radius 1 is 1.16 bits per heavy atom. The second kappa shape index (κ2) is 4.84. The Balaban J connectivity index is 1.70. The smallest absolute Gasteiger partial charge is 0.162 e. The Morgan fingerprint density at radius 2 is 2.05 bits per heavy atom. The molecular weight excluding hydrogens is 250 g/mol. The van der Waals surface area contributed by atoms with Crippen LogP contribution in [-0.2, 0) is 13.0 Å². The van der Waals surface area contributed by atoms with Crippen molar-refractivity contribution < 1.29 is 13.5 Å². The van der Waals surface area contributed by atoms with Gasteiger partial charge < -0.3 is 10.1 Å². The van der Waals surface area contributed by atoms with Crippen molar-refractivity contribution in [2.75, 3.05) is 11.9 Å². The zero-order valence-corrected chi connectivity index (χ0v) is 10.1. The van der Waals surface area contributed by atoms with Gasteiger partial charge in [-0.05, 0) is 30.2 Å². The van der Waals surface area contributed by atoms with Crippen LogP contribution in [0, 0.1) is 11.6 Å². The van der Waals surface area contributed by atoms with Gasteiger partial charge in [-0.1, -0.05) is 6.07 Å². The van der Waals surface area contributed by atoms with Gasteiger partial charge in [0.1, 0.15) is 18.2 Å². The highest BCUT2D eigenvalue weighted by Gasteiger charge is 2.11. The first-order chi connectivity index (χ1) is 9.22. The summed E-state index contributed by atoms with van der Waals surface area (Å²) in [6, 6.07) is 7.35. The van der Waals surface area contributed by atoms with E-state index >= 15 is 0 Å². The predicted molar refractivity (Wildman–Crippen MR) is 67.1 cm³/mol. The Bertz CT molecular complexity index is 616. The number of hydrogen-bond donors (Lipinski definition) is 1. The molecule has 0 radical (unpaired) electrons. The lowest BCUT2D eigenvalue weighted by Gasteiger charge is -2.07. The summed E-state index contributed by atoms with van der Waals surface area (Å²) in [4.78, 5) is 4.40. The maximum atomic E-state index is 13.0. The van der Waals surface area contributed by atoms with Crippen molar-refractivity contribution >= 4 is 5.82 Å². The van der Waals surface area contributed by atoms with Crippen LogP contribution in [0.25, 0.3) is 0 Å². The third kappa shape index (κ3) is 2.50. The Kier molecular flexibility index (Phi) is 3.03. The van der Waals surface area contributed by atoms with Crippen molar-refractivity contribution in [3.63, 3.8) is 0 Å². The lowest BCUT2D eigenvalue weighted by Crippen LogP contribution is -2.01. The Labute approximate surface area is 109 Å². The van der Waals surface area contributed by atoms with E-state index in [4.69, 9.17) is 4.74 Å². The molecule has 1 N–H and O–H groups in total. The molecule has 0 spiro atoms. The average molecular weight is 262 g/mol. The van der Waals surface area contributed by atoms with Crippen molar-refractivity contribution in [2.24, 2.45) is 0 Å². The van der Waals surface area contributed by atoms with Crippen LogP contribution in [0.4, 0.5) is 14.6 Å². The van der Waals surface area contributed by atoms with Crippen LogP contribution in [0.15, 0.2) is 30.3 Å². The molecule has 0 unspecified atom stereocenters. The molecule has 0 amide bonds. The summed E-state index contributed by atoms with van der Waals surface area (Å²) in [6.07, 6.45) is 0.979. The number of pyridine rings is 1. The Hall–Kier alpha value is -2.17. The zero-order valence-electron chi connectivity index (χ0n) is 10.1. The number of nitrogens with one attached hydrogen (secondary N) is 1. The Morgan fingerprint density at radius 3 is 2.89 bits per heavy atom. The molecule has 0 bridgehead atoms. The van der Waals surface area contributed by atoms with E-state index in [0.717, 1.165) is 36.6 Å². The highest BCUT2D eigenvalue weighted by Crippen LogP contribution is 2.21. The summed E-state index contributed by atoms with van der Waals surface area (Å²) >= 11 is 0. The lowest BCUT2D eigenvalue weighted by molar-refractivity contribution is 0.298. The molecule has 2 heterocycles. The van der Waals surface area contributed by atoms with E-state index in [0.29, 0.717) is 0 Å². The van der Waals surface area contributed by atoms with E-state index < -0.39 is 11.6 Å². The number of fused-ring (bicyclic) bond motifs is 1. The number of halogens is 2. The number of hydrogen-bond acceptors (Lipinski definition) is 3. The van der Waals surface area contributed by atoms with Crippen LogP contribution in [0.1, 0.15) is 11.3 Å². The first-order valence-electron chi connectivity index (χ1n) is 6.03. The molecule has 0 aliphatic carbocycles. The van der Waals surface area contributed by atoms with Crippen molar-refractivity contribution in [3.05, 3.63) is 53.2 Å². The van der Waals surface area contributed by atoms with Gasteiger partial charge in [0.2, 0.25) is 0 Å². The molecule has 1 aliphatic heterocycles. The second-order valence-electron chi connectivity index (χ2n) is 4.35. The molecule has 98 valence electrons. The molecule has 1 aromatic carbocycles. The fraction of sp³-hybridized carbons (Fsp3) is 0.214. The second-order valence-corrected chi connectivity index (χ2v) is 4.35. The molecule has 19 heavy (non-hydrogen) atoms. The molecule has 0 saturated heterocycles. The topological polar surface area (TPSA) is 34.1 Å². The highest BCUT2D eigenvalue weighted by atomic mass is 19.2. The fourth-order valence-corrected chi connectivity index (χ4v) is 2.00.